The van der Waals surface area contributed by atoms with Gasteiger partial charge in [-0.25, -0.2) is 0 Å². The fourth-order valence-electron chi connectivity index (χ4n) is 1.87. The minimum atomic E-state index is -0.0736. The molecule has 0 unspecified atom stereocenters. The molecule has 0 spiro atoms. The maximum Gasteiger partial charge on any atom is 0.236 e. The highest BCUT2D eigenvalue weighted by atomic mass is 32.2. The van der Waals surface area contributed by atoms with Crippen molar-refractivity contribution < 1.29 is 14.6 Å². The Bertz CT molecular complexity index is 641. The maximum atomic E-state index is 11.0. The molecule has 1 aliphatic heterocycles. The van der Waals surface area contributed by atoms with Crippen LogP contribution in [-0.4, -0.2) is 34.8 Å². The molecular weight excluding hydrogens is 302 g/mol. The molecule has 116 valence electrons. The number of amidine groups is 1. The maximum absolute atomic E-state index is 11.0. The second-order valence-corrected chi connectivity index (χ2v) is 5.40. The molecule has 2 N–H and O–H groups in total. The van der Waals surface area contributed by atoms with Crippen molar-refractivity contribution in [2.75, 3.05) is 12.4 Å². The first-order valence-corrected chi connectivity index (χ1v) is 7.75. The number of benzene rings is 1. The van der Waals surface area contributed by atoms with Crippen molar-refractivity contribution in [2.24, 2.45) is 10.2 Å². The molecule has 0 bridgehead atoms. The van der Waals surface area contributed by atoms with Crippen LogP contribution in [0.25, 0.3) is 0 Å². The number of nitrogens with zero attached hydrogens (tertiary/aromatic N) is 2. The molecule has 1 saturated heterocycles. The van der Waals surface area contributed by atoms with Gasteiger partial charge in [-0.05, 0) is 31.0 Å². The number of thioether (sulfide) groups is 1. The van der Waals surface area contributed by atoms with E-state index in [2.05, 4.69) is 22.1 Å². The van der Waals surface area contributed by atoms with E-state index in [0.717, 1.165) is 5.56 Å². The van der Waals surface area contributed by atoms with E-state index in [1.807, 2.05) is 6.92 Å². The molecule has 1 heterocycles. The minimum absolute atomic E-state index is 0.0736. The van der Waals surface area contributed by atoms with Gasteiger partial charge >= 0.3 is 0 Å². The van der Waals surface area contributed by atoms with Gasteiger partial charge in [0.2, 0.25) is 5.91 Å². The number of aromatic hydroxyl groups is 1. The van der Waals surface area contributed by atoms with E-state index in [1.54, 1.807) is 24.4 Å². The lowest BCUT2D eigenvalue weighted by Gasteiger charge is -2.10. The van der Waals surface area contributed by atoms with Crippen LogP contribution in [0.5, 0.6) is 11.5 Å². The summed E-state index contributed by atoms with van der Waals surface area (Å²) in [5.41, 5.74) is 1.45. The van der Waals surface area contributed by atoms with Crippen molar-refractivity contribution in [1.29, 1.82) is 0 Å². The third-order valence-corrected chi connectivity index (χ3v) is 3.65. The van der Waals surface area contributed by atoms with Gasteiger partial charge in [-0.2, -0.15) is 5.10 Å². The smallest absolute Gasteiger partial charge is 0.236 e. The SMILES string of the molecule is C=CCc1cc(C=NN=C2NC(=O)CS2)cc(OCC)c1O. The molecule has 0 aliphatic carbocycles. The van der Waals surface area contributed by atoms with Gasteiger partial charge < -0.3 is 15.2 Å². The number of hydrogen-bond donors (Lipinski definition) is 2. The van der Waals surface area contributed by atoms with Gasteiger partial charge in [-0.15, -0.1) is 11.7 Å². The van der Waals surface area contributed by atoms with Crippen LogP contribution in [0, 0.1) is 0 Å². The first-order chi connectivity index (χ1) is 10.6. The number of nitrogens with one attached hydrogen (secondary N) is 1. The highest BCUT2D eigenvalue weighted by Crippen LogP contribution is 2.31. The van der Waals surface area contributed by atoms with Crippen LogP contribution in [0.1, 0.15) is 18.1 Å². The summed E-state index contributed by atoms with van der Waals surface area (Å²) in [5.74, 6) is 0.810. The lowest BCUT2D eigenvalue weighted by molar-refractivity contribution is -0.116. The molecule has 2 rings (SSSR count). The normalized spacial score (nSPS) is 16.2. The van der Waals surface area contributed by atoms with E-state index in [-0.39, 0.29) is 11.7 Å². The first kappa shape index (κ1) is 16.1. The molecule has 0 radical (unpaired) electrons. The monoisotopic (exact) mass is 319 g/mol. The summed E-state index contributed by atoms with van der Waals surface area (Å²) < 4.78 is 5.42. The van der Waals surface area contributed by atoms with Crippen LogP contribution in [0.4, 0.5) is 0 Å². The second-order valence-electron chi connectivity index (χ2n) is 4.44. The standard InChI is InChI=1S/C15H17N3O3S/c1-3-5-11-6-10(7-12(14(11)20)21-4-2)8-16-18-15-17-13(19)9-22-15/h3,6-8,20H,1,4-5,9H2,2H3,(H,17,18,19). The van der Waals surface area contributed by atoms with Gasteiger partial charge in [-0.1, -0.05) is 17.8 Å². The molecule has 1 aromatic carbocycles. The quantitative estimate of drug-likeness (QED) is 0.478. The number of allylic oxidation sites excluding steroid dienone is 1. The summed E-state index contributed by atoms with van der Waals surface area (Å²) in [6.45, 7) is 5.97. The number of ether oxygens (including phenoxy) is 1. The number of carbonyl (C=O) groups excluding carboxylic acids is 1. The summed E-state index contributed by atoms with van der Waals surface area (Å²) in [4.78, 5) is 11.0. The lowest BCUT2D eigenvalue weighted by Crippen LogP contribution is -2.19. The van der Waals surface area contributed by atoms with Crippen LogP contribution < -0.4 is 10.1 Å². The van der Waals surface area contributed by atoms with Crippen LogP contribution in [0.2, 0.25) is 0 Å². The third-order valence-electron chi connectivity index (χ3n) is 2.78. The average molecular weight is 319 g/mol. The zero-order chi connectivity index (χ0) is 15.9. The van der Waals surface area contributed by atoms with Crippen LogP contribution in [0.15, 0.2) is 35.0 Å². The Morgan fingerprint density at radius 1 is 1.55 bits per heavy atom. The van der Waals surface area contributed by atoms with Gasteiger partial charge in [0, 0.05) is 5.56 Å². The second kappa shape index (κ2) is 7.65. The van der Waals surface area contributed by atoms with Crippen molar-refractivity contribution in [2.45, 2.75) is 13.3 Å². The molecule has 0 atom stereocenters. The van der Waals surface area contributed by atoms with Gasteiger partial charge in [-0.3, -0.25) is 4.79 Å². The third kappa shape index (κ3) is 4.11. The van der Waals surface area contributed by atoms with Crippen molar-refractivity contribution in [3.63, 3.8) is 0 Å². The highest BCUT2D eigenvalue weighted by molar-refractivity contribution is 8.15. The summed E-state index contributed by atoms with van der Waals surface area (Å²) in [7, 11) is 0. The Morgan fingerprint density at radius 2 is 2.36 bits per heavy atom. The number of carbonyl (C=O) groups is 1. The van der Waals surface area contributed by atoms with Crippen molar-refractivity contribution in [1.82, 2.24) is 5.32 Å². The molecule has 1 aliphatic rings. The van der Waals surface area contributed by atoms with Gasteiger partial charge in [0.05, 0.1) is 18.6 Å². The lowest BCUT2D eigenvalue weighted by atomic mass is 10.1. The van der Waals surface area contributed by atoms with E-state index in [4.69, 9.17) is 4.74 Å². The van der Waals surface area contributed by atoms with Gasteiger partial charge in [0.25, 0.3) is 0 Å². The predicted octanol–water partition coefficient (Wildman–Crippen LogP) is 2.07. The number of phenols is 1. The molecular formula is C15H17N3O3S. The molecule has 0 aromatic heterocycles. The number of rotatable bonds is 6. The van der Waals surface area contributed by atoms with E-state index in [9.17, 15) is 9.90 Å². The topological polar surface area (TPSA) is 83.3 Å². The van der Waals surface area contributed by atoms with Crippen LogP contribution in [-0.2, 0) is 11.2 Å². The highest BCUT2D eigenvalue weighted by Gasteiger charge is 2.16. The molecule has 1 amide bonds. The Kier molecular flexibility index (Phi) is 5.60. The number of hydrogen-bond acceptors (Lipinski definition) is 6. The predicted molar refractivity (Wildman–Crippen MR) is 88.8 cm³/mol. The molecule has 0 saturated carbocycles. The Hall–Kier alpha value is -2.28. The number of amides is 1. The van der Waals surface area contributed by atoms with Crippen molar-refractivity contribution in [3.8, 4) is 11.5 Å². The molecule has 1 fully saturated rings. The van der Waals surface area contributed by atoms with Gasteiger partial charge in [0.1, 0.15) is 0 Å². The molecule has 6 nitrogen and oxygen atoms in total. The van der Waals surface area contributed by atoms with Crippen molar-refractivity contribution in [3.05, 3.63) is 35.9 Å². The van der Waals surface area contributed by atoms with E-state index < -0.39 is 0 Å². The summed E-state index contributed by atoms with van der Waals surface area (Å²) in [6, 6.07) is 3.49. The van der Waals surface area contributed by atoms with E-state index in [0.29, 0.717) is 35.3 Å². The Balaban J connectivity index is 2.22. The Labute approximate surface area is 133 Å². The average Bonchev–Trinajstić information content (AvgIpc) is 2.90. The minimum Gasteiger partial charge on any atom is -0.504 e. The zero-order valence-electron chi connectivity index (χ0n) is 12.2. The van der Waals surface area contributed by atoms with Gasteiger partial charge in [0.15, 0.2) is 16.7 Å². The summed E-state index contributed by atoms with van der Waals surface area (Å²) >= 11 is 1.31. The van der Waals surface area contributed by atoms with Crippen LogP contribution in [0.3, 0.4) is 0 Å². The zero-order valence-corrected chi connectivity index (χ0v) is 13.0. The fraction of sp³-hybridized carbons (Fsp3) is 0.267. The first-order valence-electron chi connectivity index (χ1n) is 6.77. The van der Waals surface area contributed by atoms with Crippen molar-refractivity contribution >= 4 is 29.1 Å². The Morgan fingerprint density at radius 3 is 3.00 bits per heavy atom. The van der Waals surface area contributed by atoms with E-state index >= 15 is 0 Å². The number of phenolic OH excluding ortho intramolecular Hbond substituents is 1. The largest absolute Gasteiger partial charge is 0.504 e. The summed E-state index contributed by atoms with van der Waals surface area (Å²) in [5, 5.41) is 21.1. The summed E-state index contributed by atoms with van der Waals surface area (Å²) in [6.07, 6.45) is 3.78. The van der Waals surface area contributed by atoms with Crippen LogP contribution >= 0.6 is 11.8 Å². The molecule has 1 aromatic rings. The molecule has 22 heavy (non-hydrogen) atoms. The fourth-order valence-corrected chi connectivity index (χ4v) is 2.50. The van der Waals surface area contributed by atoms with E-state index in [1.165, 1.54) is 11.8 Å². The molecule has 7 heteroatoms.